The number of nitrogens with one attached hydrogen (secondary N) is 1. The van der Waals surface area contributed by atoms with Crippen molar-refractivity contribution in [3.05, 3.63) is 59.4 Å². The molecular weight excluding hydrogens is 383 g/mol. The number of carbonyl (C=O) groups excluding carboxylic acids is 1. The molecule has 0 saturated carbocycles. The van der Waals surface area contributed by atoms with Crippen molar-refractivity contribution >= 4 is 21.6 Å². The van der Waals surface area contributed by atoms with E-state index in [9.17, 15) is 17.6 Å². The van der Waals surface area contributed by atoms with Gasteiger partial charge in [-0.1, -0.05) is 6.07 Å². The van der Waals surface area contributed by atoms with Gasteiger partial charge in [-0.05, 0) is 62.7 Å². The van der Waals surface area contributed by atoms with Crippen molar-refractivity contribution in [3.63, 3.8) is 0 Å². The highest BCUT2D eigenvalue weighted by atomic mass is 32.2. The summed E-state index contributed by atoms with van der Waals surface area (Å²) in [5.74, 6) is -0.854. The first-order chi connectivity index (χ1) is 13.2. The van der Waals surface area contributed by atoms with Gasteiger partial charge in [0.15, 0.2) is 0 Å². The van der Waals surface area contributed by atoms with Crippen LogP contribution in [0.4, 0.5) is 10.1 Å². The van der Waals surface area contributed by atoms with E-state index in [2.05, 4.69) is 5.32 Å². The van der Waals surface area contributed by atoms with Crippen LogP contribution in [-0.4, -0.2) is 43.9 Å². The van der Waals surface area contributed by atoms with Crippen LogP contribution in [0.25, 0.3) is 0 Å². The SMILES string of the molecule is Cc1cc(F)ccc1NC(=O)c1cccc(S(=O)(=O)N2CC(C)OC(C)C2)c1. The van der Waals surface area contributed by atoms with E-state index in [0.29, 0.717) is 11.3 Å². The molecule has 2 unspecified atom stereocenters. The van der Waals surface area contributed by atoms with Gasteiger partial charge in [0.2, 0.25) is 10.0 Å². The monoisotopic (exact) mass is 406 g/mol. The van der Waals surface area contributed by atoms with Gasteiger partial charge in [0, 0.05) is 24.3 Å². The smallest absolute Gasteiger partial charge is 0.255 e. The molecule has 8 heteroatoms. The van der Waals surface area contributed by atoms with Gasteiger partial charge >= 0.3 is 0 Å². The Hall–Kier alpha value is -2.29. The van der Waals surface area contributed by atoms with E-state index in [1.54, 1.807) is 6.92 Å². The number of anilines is 1. The van der Waals surface area contributed by atoms with Crippen molar-refractivity contribution in [1.29, 1.82) is 0 Å². The average Bonchev–Trinajstić information content (AvgIpc) is 2.63. The molecule has 1 heterocycles. The first-order valence-electron chi connectivity index (χ1n) is 9.00. The van der Waals surface area contributed by atoms with Gasteiger partial charge in [-0.3, -0.25) is 4.79 Å². The van der Waals surface area contributed by atoms with Gasteiger partial charge in [0.25, 0.3) is 5.91 Å². The minimum Gasteiger partial charge on any atom is -0.373 e. The Kier molecular flexibility index (Phi) is 5.83. The van der Waals surface area contributed by atoms with Crippen molar-refractivity contribution in [1.82, 2.24) is 4.31 Å². The third-order valence-electron chi connectivity index (χ3n) is 4.56. The number of halogens is 1. The molecular formula is C20H23FN2O4S. The Morgan fingerprint density at radius 2 is 1.82 bits per heavy atom. The van der Waals surface area contributed by atoms with Gasteiger partial charge in [0.1, 0.15) is 5.82 Å². The number of sulfonamides is 1. The Balaban J connectivity index is 1.84. The summed E-state index contributed by atoms with van der Waals surface area (Å²) >= 11 is 0. The molecule has 0 spiro atoms. The van der Waals surface area contributed by atoms with Crippen molar-refractivity contribution in [2.45, 2.75) is 37.9 Å². The lowest BCUT2D eigenvalue weighted by Crippen LogP contribution is -2.48. The lowest BCUT2D eigenvalue weighted by molar-refractivity contribution is -0.0440. The Morgan fingerprint density at radius 3 is 2.46 bits per heavy atom. The van der Waals surface area contributed by atoms with Gasteiger partial charge in [-0.25, -0.2) is 12.8 Å². The molecule has 0 bridgehead atoms. The van der Waals surface area contributed by atoms with Crippen LogP contribution in [0.5, 0.6) is 0 Å². The number of hydrogen-bond donors (Lipinski definition) is 1. The lowest BCUT2D eigenvalue weighted by Gasteiger charge is -2.34. The zero-order chi connectivity index (χ0) is 20.5. The average molecular weight is 406 g/mol. The normalized spacial score (nSPS) is 20.7. The maximum atomic E-state index is 13.2. The van der Waals surface area contributed by atoms with E-state index in [0.717, 1.165) is 0 Å². The summed E-state index contributed by atoms with van der Waals surface area (Å²) in [6.07, 6.45) is -0.405. The Morgan fingerprint density at radius 1 is 1.14 bits per heavy atom. The summed E-state index contributed by atoms with van der Waals surface area (Å²) < 4.78 is 46.2. The van der Waals surface area contributed by atoms with Crippen LogP contribution in [0.3, 0.4) is 0 Å². The molecule has 1 amide bonds. The fourth-order valence-corrected chi connectivity index (χ4v) is 4.87. The molecule has 0 aliphatic carbocycles. The number of ether oxygens (including phenoxy) is 1. The van der Waals surface area contributed by atoms with Crippen LogP contribution in [0.15, 0.2) is 47.4 Å². The molecule has 1 aliphatic heterocycles. The molecule has 1 saturated heterocycles. The molecule has 0 radical (unpaired) electrons. The fourth-order valence-electron chi connectivity index (χ4n) is 3.24. The summed E-state index contributed by atoms with van der Waals surface area (Å²) in [6, 6.07) is 9.94. The van der Waals surface area contributed by atoms with Crippen LogP contribution in [0, 0.1) is 12.7 Å². The minimum absolute atomic E-state index is 0.0530. The maximum Gasteiger partial charge on any atom is 0.255 e. The molecule has 0 aromatic heterocycles. The molecule has 1 fully saturated rings. The standard InChI is InChI=1S/C20H23FN2O4S/c1-13-9-17(21)7-8-19(13)22-20(24)16-5-4-6-18(10-16)28(25,26)23-11-14(2)27-15(3)12-23/h4-10,14-15H,11-12H2,1-3H3,(H,22,24). The number of rotatable bonds is 4. The number of morpholine rings is 1. The summed E-state index contributed by atoms with van der Waals surface area (Å²) in [5.41, 5.74) is 1.25. The summed E-state index contributed by atoms with van der Waals surface area (Å²) in [4.78, 5) is 12.6. The highest BCUT2D eigenvalue weighted by Crippen LogP contribution is 2.23. The third-order valence-corrected chi connectivity index (χ3v) is 6.38. The van der Waals surface area contributed by atoms with Crippen LogP contribution in [0.1, 0.15) is 29.8 Å². The Labute approximate surface area is 164 Å². The van der Waals surface area contributed by atoms with Gasteiger partial charge in [-0.15, -0.1) is 0 Å². The van der Waals surface area contributed by atoms with Crippen LogP contribution in [0.2, 0.25) is 0 Å². The van der Waals surface area contributed by atoms with E-state index < -0.39 is 21.7 Å². The van der Waals surface area contributed by atoms with Crippen molar-refractivity contribution < 1.29 is 22.3 Å². The van der Waals surface area contributed by atoms with Gasteiger partial charge in [0.05, 0.1) is 17.1 Å². The Bertz CT molecular complexity index is 983. The van der Waals surface area contributed by atoms with E-state index in [-0.39, 0.29) is 35.8 Å². The first kappa shape index (κ1) is 20.4. The summed E-state index contributed by atoms with van der Waals surface area (Å²) in [5, 5.41) is 2.69. The lowest BCUT2D eigenvalue weighted by atomic mass is 10.1. The van der Waals surface area contributed by atoms with E-state index in [1.165, 1.54) is 46.8 Å². The molecule has 2 aromatic carbocycles. The molecule has 28 heavy (non-hydrogen) atoms. The van der Waals surface area contributed by atoms with Crippen molar-refractivity contribution in [3.8, 4) is 0 Å². The number of hydrogen-bond acceptors (Lipinski definition) is 4. The minimum atomic E-state index is -3.75. The summed E-state index contributed by atoms with van der Waals surface area (Å²) in [7, 11) is -3.75. The molecule has 2 atom stereocenters. The van der Waals surface area contributed by atoms with Gasteiger partial charge in [-0.2, -0.15) is 4.31 Å². The molecule has 6 nitrogen and oxygen atoms in total. The second kappa shape index (κ2) is 7.98. The number of aryl methyl sites for hydroxylation is 1. The summed E-state index contributed by atoms with van der Waals surface area (Å²) in [6.45, 7) is 5.86. The van der Waals surface area contributed by atoms with E-state index in [1.807, 2.05) is 13.8 Å². The largest absolute Gasteiger partial charge is 0.373 e. The van der Waals surface area contributed by atoms with Crippen LogP contribution < -0.4 is 5.32 Å². The van der Waals surface area contributed by atoms with E-state index >= 15 is 0 Å². The topological polar surface area (TPSA) is 75.7 Å². The second-order valence-electron chi connectivity index (χ2n) is 7.02. The van der Waals surface area contributed by atoms with Crippen molar-refractivity contribution in [2.24, 2.45) is 0 Å². The fraction of sp³-hybridized carbons (Fsp3) is 0.350. The molecule has 1 aliphatic rings. The molecule has 150 valence electrons. The van der Waals surface area contributed by atoms with Crippen LogP contribution in [-0.2, 0) is 14.8 Å². The highest BCUT2D eigenvalue weighted by molar-refractivity contribution is 7.89. The number of benzene rings is 2. The van der Waals surface area contributed by atoms with Crippen molar-refractivity contribution in [2.75, 3.05) is 18.4 Å². The predicted molar refractivity (Wildman–Crippen MR) is 104 cm³/mol. The first-order valence-corrected chi connectivity index (χ1v) is 10.4. The third kappa shape index (κ3) is 4.40. The van der Waals surface area contributed by atoms with E-state index in [4.69, 9.17) is 4.74 Å². The van der Waals surface area contributed by atoms with Gasteiger partial charge < -0.3 is 10.1 Å². The predicted octanol–water partition coefficient (Wildman–Crippen LogP) is 3.18. The zero-order valence-electron chi connectivity index (χ0n) is 16.0. The number of amides is 1. The molecule has 3 rings (SSSR count). The number of carbonyl (C=O) groups is 1. The van der Waals surface area contributed by atoms with Crippen LogP contribution >= 0.6 is 0 Å². The quantitative estimate of drug-likeness (QED) is 0.846. The maximum absolute atomic E-state index is 13.2. The zero-order valence-corrected chi connectivity index (χ0v) is 16.8. The second-order valence-corrected chi connectivity index (χ2v) is 8.96. The highest BCUT2D eigenvalue weighted by Gasteiger charge is 2.32. The molecule has 2 aromatic rings. The number of nitrogens with zero attached hydrogens (tertiary/aromatic N) is 1. The molecule has 1 N–H and O–H groups in total.